The van der Waals surface area contributed by atoms with Crippen LogP contribution in [0, 0.1) is 5.41 Å². The number of hydrogen-bond donors (Lipinski definition) is 1. The van der Waals surface area contributed by atoms with Crippen molar-refractivity contribution in [1.82, 2.24) is 9.80 Å². The number of rotatable bonds is 1. The van der Waals surface area contributed by atoms with E-state index in [9.17, 15) is 9.59 Å². The summed E-state index contributed by atoms with van der Waals surface area (Å²) in [6, 6.07) is 3.50. The third kappa shape index (κ3) is 2.90. The Morgan fingerprint density at radius 1 is 1.05 bits per heavy atom. The fourth-order valence-corrected chi connectivity index (χ4v) is 4.13. The van der Waals surface area contributed by atoms with E-state index < -0.39 is 0 Å². The quantitative estimate of drug-likeness (QED) is 0.864. The minimum Gasteiger partial charge on any atom is -0.351 e. The molecule has 5 nitrogen and oxygen atoms in total. The molecule has 0 aliphatic carbocycles. The molecule has 0 atom stereocenters. The lowest BCUT2D eigenvalue weighted by Gasteiger charge is -2.46. The van der Waals surface area contributed by atoms with Gasteiger partial charge in [0.25, 0.3) is 5.91 Å². The maximum Gasteiger partial charge on any atom is 0.314 e. The first-order chi connectivity index (χ1) is 10.1. The molecule has 21 heavy (non-hydrogen) atoms. The lowest BCUT2D eigenvalue weighted by Crippen LogP contribution is -2.50. The summed E-state index contributed by atoms with van der Waals surface area (Å²) in [5.74, 6) is 0.162. The number of likely N-dealkylation sites (tertiary alicyclic amines) is 2. The molecule has 0 bridgehead atoms. The molecule has 3 heterocycles. The van der Waals surface area contributed by atoms with Crippen LogP contribution < -0.4 is 5.73 Å². The maximum absolute atomic E-state index is 12.3. The second kappa shape index (κ2) is 5.67. The predicted molar refractivity (Wildman–Crippen MR) is 82.3 cm³/mol. The normalized spacial score (nSPS) is 21.5. The van der Waals surface area contributed by atoms with Crippen LogP contribution in [0.15, 0.2) is 17.5 Å². The number of amides is 3. The number of carbonyl (C=O) groups excluding carboxylic acids is 2. The van der Waals surface area contributed by atoms with E-state index in [1.165, 1.54) is 11.3 Å². The Balaban J connectivity index is 1.56. The first kappa shape index (κ1) is 14.4. The number of primary amides is 1. The monoisotopic (exact) mass is 307 g/mol. The van der Waals surface area contributed by atoms with Crippen molar-refractivity contribution in [3.8, 4) is 0 Å². The van der Waals surface area contributed by atoms with Crippen molar-refractivity contribution in [2.45, 2.75) is 25.7 Å². The van der Waals surface area contributed by atoms with Gasteiger partial charge in [0.05, 0.1) is 4.88 Å². The van der Waals surface area contributed by atoms with E-state index in [2.05, 4.69) is 0 Å². The molecular formula is C15H21N3O2S. The van der Waals surface area contributed by atoms with E-state index in [1.54, 1.807) is 4.90 Å². The zero-order valence-electron chi connectivity index (χ0n) is 12.1. The van der Waals surface area contributed by atoms with Crippen molar-refractivity contribution in [3.05, 3.63) is 22.4 Å². The molecule has 114 valence electrons. The molecule has 2 fully saturated rings. The number of piperidine rings is 2. The van der Waals surface area contributed by atoms with Crippen LogP contribution in [0.3, 0.4) is 0 Å². The van der Waals surface area contributed by atoms with Crippen molar-refractivity contribution < 1.29 is 9.59 Å². The fourth-order valence-electron chi connectivity index (χ4n) is 3.44. The summed E-state index contributed by atoms with van der Waals surface area (Å²) in [6.07, 6.45) is 4.10. The van der Waals surface area contributed by atoms with Crippen LogP contribution in [0.4, 0.5) is 4.79 Å². The Labute approximate surface area is 128 Å². The van der Waals surface area contributed by atoms with E-state index in [4.69, 9.17) is 5.73 Å². The highest BCUT2D eigenvalue weighted by molar-refractivity contribution is 7.12. The Kier molecular flexibility index (Phi) is 3.89. The summed E-state index contributed by atoms with van der Waals surface area (Å²) in [7, 11) is 0. The van der Waals surface area contributed by atoms with Gasteiger partial charge < -0.3 is 15.5 Å². The number of thiophene rings is 1. The van der Waals surface area contributed by atoms with Gasteiger partial charge in [0.2, 0.25) is 0 Å². The summed E-state index contributed by atoms with van der Waals surface area (Å²) in [5.41, 5.74) is 5.64. The van der Waals surface area contributed by atoms with Crippen LogP contribution in [0.25, 0.3) is 0 Å². The van der Waals surface area contributed by atoms with Gasteiger partial charge in [0.1, 0.15) is 0 Å². The van der Waals surface area contributed by atoms with E-state index >= 15 is 0 Å². The third-order valence-corrected chi connectivity index (χ3v) is 5.84. The largest absolute Gasteiger partial charge is 0.351 e. The van der Waals surface area contributed by atoms with Crippen LogP contribution >= 0.6 is 11.3 Å². The molecule has 0 saturated carbocycles. The van der Waals surface area contributed by atoms with Gasteiger partial charge >= 0.3 is 6.03 Å². The van der Waals surface area contributed by atoms with Crippen molar-refractivity contribution >= 4 is 23.3 Å². The van der Waals surface area contributed by atoms with Crippen molar-refractivity contribution in [3.63, 3.8) is 0 Å². The van der Waals surface area contributed by atoms with E-state index in [-0.39, 0.29) is 11.9 Å². The molecule has 0 radical (unpaired) electrons. The second-order valence-electron chi connectivity index (χ2n) is 6.09. The van der Waals surface area contributed by atoms with Crippen LogP contribution in [-0.4, -0.2) is 47.9 Å². The Morgan fingerprint density at radius 3 is 2.10 bits per heavy atom. The number of hydrogen-bond acceptors (Lipinski definition) is 3. The number of urea groups is 1. The molecule has 0 aromatic carbocycles. The minimum absolute atomic E-state index is 0.162. The van der Waals surface area contributed by atoms with Crippen LogP contribution in [0.2, 0.25) is 0 Å². The minimum atomic E-state index is -0.310. The zero-order valence-corrected chi connectivity index (χ0v) is 12.9. The van der Waals surface area contributed by atoms with E-state index in [0.717, 1.165) is 56.7 Å². The number of nitrogens with two attached hydrogens (primary N) is 1. The third-order valence-electron chi connectivity index (χ3n) is 4.98. The predicted octanol–water partition coefficient (Wildman–Crippen LogP) is 2.14. The smallest absolute Gasteiger partial charge is 0.314 e. The molecule has 2 aliphatic heterocycles. The van der Waals surface area contributed by atoms with Crippen molar-refractivity contribution in [2.24, 2.45) is 11.1 Å². The highest BCUT2D eigenvalue weighted by atomic mass is 32.1. The molecule has 1 aromatic heterocycles. The van der Waals surface area contributed by atoms with Crippen molar-refractivity contribution in [1.29, 1.82) is 0 Å². The second-order valence-corrected chi connectivity index (χ2v) is 7.04. The average molecular weight is 307 g/mol. The van der Waals surface area contributed by atoms with Crippen molar-refractivity contribution in [2.75, 3.05) is 26.2 Å². The Morgan fingerprint density at radius 2 is 1.62 bits per heavy atom. The zero-order chi connectivity index (χ0) is 14.9. The van der Waals surface area contributed by atoms with Crippen LogP contribution in [0.5, 0.6) is 0 Å². The maximum atomic E-state index is 12.3. The molecule has 2 aliphatic rings. The van der Waals surface area contributed by atoms with Crippen LogP contribution in [0.1, 0.15) is 35.4 Å². The molecule has 0 unspecified atom stereocenters. The molecule has 2 N–H and O–H groups in total. The Bertz CT molecular complexity index is 511. The summed E-state index contributed by atoms with van der Waals surface area (Å²) in [4.78, 5) is 28.1. The summed E-state index contributed by atoms with van der Waals surface area (Å²) in [5, 5.41) is 1.94. The van der Waals surface area contributed by atoms with Gasteiger partial charge in [-0.1, -0.05) is 6.07 Å². The lowest BCUT2D eigenvalue weighted by atomic mass is 9.71. The van der Waals surface area contributed by atoms with E-state index in [0.29, 0.717) is 5.41 Å². The van der Waals surface area contributed by atoms with Gasteiger partial charge in [-0.3, -0.25) is 4.79 Å². The lowest BCUT2D eigenvalue weighted by molar-refractivity contribution is 0.0380. The van der Waals surface area contributed by atoms with Gasteiger partial charge in [0.15, 0.2) is 0 Å². The highest BCUT2D eigenvalue weighted by Gasteiger charge is 2.39. The van der Waals surface area contributed by atoms with Gasteiger partial charge in [-0.15, -0.1) is 11.3 Å². The van der Waals surface area contributed by atoms with E-state index in [1.807, 2.05) is 22.4 Å². The highest BCUT2D eigenvalue weighted by Crippen LogP contribution is 2.41. The summed E-state index contributed by atoms with van der Waals surface area (Å²) >= 11 is 1.51. The molecule has 3 amide bonds. The summed E-state index contributed by atoms with van der Waals surface area (Å²) in [6.45, 7) is 3.17. The van der Waals surface area contributed by atoms with Crippen LogP contribution in [-0.2, 0) is 0 Å². The molecular weight excluding hydrogens is 286 g/mol. The van der Waals surface area contributed by atoms with Gasteiger partial charge in [-0.25, -0.2) is 4.79 Å². The first-order valence-electron chi connectivity index (χ1n) is 7.47. The summed E-state index contributed by atoms with van der Waals surface area (Å²) < 4.78 is 0. The number of carbonyl (C=O) groups is 2. The SMILES string of the molecule is NC(=O)N1CCC2(CC1)CCN(C(=O)c1cccs1)CC2. The Hall–Kier alpha value is -1.56. The standard InChI is InChI=1S/C15H21N3O2S/c16-14(20)18-9-5-15(6-10-18)3-7-17(8-4-15)13(19)12-2-1-11-21-12/h1-2,11H,3-10H2,(H2,16,20). The fraction of sp³-hybridized carbons (Fsp3) is 0.600. The molecule has 1 spiro atoms. The topological polar surface area (TPSA) is 66.6 Å². The molecule has 2 saturated heterocycles. The van der Waals surface area contributed by atoms with Gasteiger partial charge in [-0.05, 0) is 42.5 Å². The molecule has 6 heteroatoms. The number of nitrogens with zero attached hydrogens (tertiary/aromatic N) is 2. The first-order valence-corrected chi connectivity index (χ1v) is 8.35. The van der Waals surface area contributed by atoms with Gasteiger partial charge in [0, 0.05) is 26.2 Å². The van der Waals surface area contributed by atoms with Gasteiger partial charge in [-0.2, -0.15) is 0 Å². The average Bonchev–Trinajstić information content (AvgIpc) is 3.02. The molecule has 3 rings (SSSR count). The molecule has 1 aromatic rings.